The minimum absolute atomic E-state index is 0.108. The van der Waals surface area contributed by atoms with Gasteiger partial charge >= 0.3 is 6.18 Å². The summed E-state index contributed by atoms with van der Waals surface area (Å²) in [6.45, 7) is 1.32. The summed E-state index contributed by atoms with van der Waals surface area (Å²) in [5.41, 5.74) is 5.48. The van der Waals surface area contributed by atoms with E-state index in [-0.39, 0.29) is 5.69 Å². The molecule has 6 heteroatoms. The lowest BCUT2D eigenvalue weighted by atomic mass is 10.1. The predicted molar refractivity (Wildman–Crippen MR) is 65.5 cm³/mol. The van der Waals surface area contributed by atoms with Crippen molar-refractivity contribution in [2.45, 2.75) is 19.0 Å². The van der Waals surface area contributed by atoms with Crippen LogP contribution in [0.1, 0.15) is 18.4 Å². The average molecular weight is 262 g/mol. The minimum Gasteiger partial charge on any atom is -0.397 e. The Morgan fingerprint density at radius 3 is 2.56 bits per heavy atom. The van der Waals surface area contributed by atoms with Crippen molar-refractivity contribution in [3.05, 3.63) is 23.8 Å². The molecule has 1 aromatic carbocycles. The topological polar surface area (TPSA) is 47.3 Å². The first kappa shape index (κ1) is 14.6. The van der Waals surface area contributed by atoms with E-state index in [4.69, 9.17) is 10.5 Å². The first-order valence-electron chi connectivity index (χ1n) is 5.64. The lowest BCUT2D eigenvalue weighted by Crippen LogP contribution is -2.09. The molecule has 0 saturated heterocycles. The van der Waals surface area contributed by atoms with Crippen LogP contribution in [-0.2, 0) is 10.9 Å². The predicted octanol–water partition coefficient (Wildman–Crippen LogP) is 3.13. The highest BCUT2D eigenvalue weighted by Crippen LogP contribution is 2.32. The smallest absolute Gasteiger partial charge is 0.397 e. The number of methoxy groups -OCH3 is 1. The van der Waals surface area contributed by atoms with Crippen molar-refractivity contribution in [1.82, 2.24) is 0 Å². The van der Waals surface area contributed by atoms with Crippen LogP contribution in [0.25, 0.3) is 0 Å². The maximum Gasteiger partial charge on any atom is 0.416 e. The van der Waals surface area contributed by atoms with E-state index in [9.17, 15) is 13.2 Å². The van der Waals surface area contributed by atoms with Gasteiger partial charge in [0, 0.05) is 20.3 Å². The zero-order valence-electron chi connectivity index (χ0n) is 10.2. The monoisotopic (exact) mass is 262 g/mol. The molecule has 0 atom stereocenters. The molecule has 0 aromatic heterocycles. The fourth-order valence-electron chi connectivity index (χ4n) is 1.49. The maximum absolute atomic E-state index is 12.4. The molecular formula is C12H17F3N2O. The first-order valence-corrected chi connectivity index (χ1v) is 5.64. The fraction of sp³-hybridized carbons (Fsp3) is 0.500. The molecule has 0 aliphatic carbocycles. The molecule has 0 spiro atoms. The molecule has 0 amide bonds. The highest BCUT2D eigenvalue weighted by atomic mass is 19.4. The summed E-state index contributed by atoms with van der Waals surface area (Å²) in [5.74, 6) is 0. The minimum atomic E-state index is -4.36. The van der Waals surface area contributed by atoms with Crippen LogP contribution in [0, 0.1) is 0 Å². The third-order valence-electron chi connectivity index (χ3n) is 2.47. The average Bonchev–Trinajstić information content (AvgIpc) is 2.29. The lowest BCUT2D eigenvalue weighted by molar-refractivity contribution is -0.137. The Morgan fingerprint density at radius 2 is 2.00 bits per heavy atom. The molecule has 0 saturated carbocycles. The van der Waals surface area contributed by atoms with Crippen molar-refractivity contribution < 1.29 is 17.9 Å². The molecular weight excluding hydrogens is 245 g/mol. The molecule has 0 bridgehead atoms. The second-order valence-electron chi connectivity index (χ2n) is 3.93. The molecule has 0 fully saturated rings. The zero-order valence-corrected chi connectivity index (χ0v) is 10.2. The number of benzene rings is 1. The Morgan fingerprint density at radius 1 is 1.28 bits per heavy atom. The Bertz CT molecular complexity index is 380. The van der Waals surface area contributed by atoms with Gasteiger partial charge in [-0.05, 0) is 31.0 Å². The van der Waals surface area contributed by atoms with Crippen molar-refractivity contribution in [2.24, 2.45) is 0 Å². The van der Waals surface area contributed by atoms with Gasteiger partial charge in [-0.1, -0.05) is 0 Å². The fourth-order valence-corrected chi connectivity index (χ4v) is 1.49. The SMILES string of the molecule is COCCCCNc1ccc(C(F)(F)F)cc1N. The second-order valence-corrected chi connectivity index (χ2v) is 3.93. The molecule has 1 rings (SSSR count). The number of unbranched alkanes of at least 4 members (excludes halogenated alkanes) is 1. The first-order chi connectivity index (χ1) is 8.45. The van der Waals surface area contributed by atoms with Gasteiger partial charge in [-0.2, -0.15) is 13.2 Å². The summed E-state index contributed by atoms with van der Waals surface area (Å²) in [6.07, 6.45) is -2.59. The Kier molecular flexibility index (Phi) is 5.27. The van der Waals surface area contributed by atoms with Gasteiger partial charge in [0.15, 0.2) is 0 Å². The quantitative estimate of drug-likeness (QED) is 0.611. The third-order valence-corrected chi connectivity index (χ3v) is 2.47. The third kappa shape index (κ3) is 4.44. The molecule has 0 radical (unpaired) electrons. The van der Waals surface area contributed by atoms with E-state index in [0.29, 0.717) is 18.8 Å². The van der Waals surface area contributed by atoms with Crippen LogP contribution in [0.3, 0.4) is 0 Å². The van der Waals surface area contributed by atoms with E-state index < -0.39 is 11.7 Å². The van der Waals surface area contributed by atoms with Crippen LogP contribution in [0.4, 0.5) is 24.5 Å². The Labute approximate surface area is 104 Å². The van der Waals surface area contributed by atoms with E-state index in [1.807, 2.05) is 0 Å². The molecule has 1 aromatic rings. The number of nitrogens with two attached hydrogens (primary N) is 1. The van der Waals surface area contributed by atoms with Gasteiger partial charge in [-0.25, -0.2) is 0 Å². The number of nitrogen functional groups attached to an aromatic ring is 1. The van der Waals surface area contributed by atoms with Crippen LogP contribution in [0.2, 0.25) is 0 Å². The highest BCUT2D eigenvalue weighted by Gasteiger charge is 2.30. The van der Waals surface area contributed by atoms with Gasteiger partial charge in [-0.15, -0.1) is 0 Å². The summed E-state index contributed by atoms with van der Waals surface area (Å²) >= 11 is 0. The Balaban J connectivity index is 2.53. The summed E-state index contributed by atoms with van der Waals surface area (Å²) < 4.78 is 42.1. The highest BCUT2D eigenvalue weighted by molar-refractivity contribution is 5.67. The number of alkyl halides is 3. The number of rotatable bonds is 6. The summed E-state index contributed by atoms with van der Waals surface area (Å²) in [5, 5.41) is 3.00. The van der Waals surface area contributed by atoms with Gasteiger partial charge in [0.2, 0.25) is 0 Å². The van der Waals surface area contributed by atoms with Gasteiger partial charge in [0.05, 0.1) is 16.9 Å². The number of nitrogens with one attached hydrogen (secondary N) is 1. The van der Waals surface area contributed by atoms with E-state index in [0.717, 1.165) is 25.0 Å². The van der Waals surface area contributed by atoms with E-state index in [1.54, 1.807) is 7.11 Å². The summed E-state index contributed by atoms with van der Waals surface area (Å²) in [7, 11) is 1.63. The van der Waals surface area contributed by atoms with Gasteiger partial charge in [-0.3, -0.25) is 0 Å². The van der Waals surface area contributed by atoms with Crippen LogP contribution >= 0.6 is 0 Å². The molecule has 18 heavy (non-hydrogen) atoms. The molecule has 3 nitrogen and oxygen atoms in total. The number of hydrogen-bond donors (Lipinski definition) is 2. The number of halogens is 3. The molecule has 3 N–H and O–H groups in total. The molecule has 0 unspecified atom stereocenters. The van der Waals surface area contributed by atoms with Crippen molar-refractivity contribution in [2.75, 3.05) is 31.3 Å². The van der Waals surface area contributed by atoms with Gasteiger partial charge in [0.1, 0.15) is 0 Å². The van der Waals surface area contributed by atoms with Crippen molar-refractivity contribution >= 4 is 11.4 Å². The van der Waals surface area contributed by atoms with Crippen LogP contribution < -0.4 is 11.1 Å². The van der Waals surface area contributed by atoms with E-state index in [1.165, 1.54) is 6.07 Å². The van der Waals surface area contributed by atoms with Crippen molar-refractivity contribution in [3.63, 3.8) is 0 Å². The number of ether oxygens (including phenoxy) is 1. The van der Waals surface area contributed by atoms with Gasteiger partial charge < -0.3 is 15.8 Å². The van der Waals surface area contributed by atoms with E-state index >= 15 is 0 Å². The summed E-state index contributed by atoms with van der Waals surface area (Å²) in [4.78, 5) is 0. The van der Waals surface area contributed by atoms with Crippen LogP contribution in [-0.4, -0.2) is 20.3 Å². The number of hydrogen-bond acceptors (Lipinski definition) is 3. The van der Waals surface area contributed by atoms with Gasteiger partial charge in [0.25, 0.3) is 0 Å². The second kappa shape index (κ2) is 6.49. The largest absolute Gasteiger partial charge is 0.416 e. The van der Waals surface area contributed by atoms with E-state index in [2.05, 4.69) is 5.32 Å². The molecule has 102 valence electrons. The molecule has 0 aliphatic rings. The van der Waals surface area contributed by atoms with Crippen LogP contribution in [0.15, 0.2) is 18.2 Å². The number of anilines is 2. The van der Waals surface area contributed by atoms with Crippen molar-refractivity contribution in [1.29, 1.82) is 0 Å². The summed E-state index contributed by atoms with van der Waals surface area (Å²) in [6, 6.07) is 3.32. The molecule has 0 heterocycles. The normalized spacial score (nSPS) is 11.6. The van der Waals surface area contributed by atoms with Crippen molar-refractivity contribution in [3.8, 4) is 0 Å². The Hall–Kier alpha value is -1.43. The maximum atomic E-state index is 12.4. The lowest BCUT2D eigenvalue weighted by Gasteiger charge is -2.12. The zero-order chi connectivity index (χ0) is 13.6. The molecule has 0 aliphatic heterocycles. The standard InChI is InChI=1S/C12H17F3N2O/c1-18-7-3-2-6-17-11-5-4-9(8-10(11)16)12(13,14)15/h4-5,8,17H,2-3,6-7,16H2,1H3. The van der Waals surface area contributed by atoms with Crippen LogP contribution in [0.5, 0.6) is 0 Å².